The Bertz CT molecular complexity index is 277. The summed E-state index contributed by atoms with van der Waals surface area (Å²) in [6.45, 7) is 15.5. The molecule has 0 radical (unpaired) electrons. The molecular formula is C16H33N3. The zero-order valence-corrected chi connectivity index (χ0v) is 13.4. The second kappa shape index (κ2) is 6.55. The summed E-state index contributed by atoms with van der Waals surface area (Å²) >= 11 is 0. The van der Waals surface area contributed by atoms with Gasteiger partial charge in [-0.1, -0.05) is 13.3 Å². The molecule has 0 aromatic rings. The lowest BCUT2D eigenvalue weighted by molar-refractivity contribution is 0.0298. The molecular weight excluding hydrogens is 234 g/mol. The summed E-state index contributed by atoms with van der Waals surface area (Å²) in [6, 6.07) is 1.50. The van der Waals surface area contributed by atoms with Crippen molar-refractivity contribution in [2.45, 2.75) is 71.0 Å². The van der Waals surface area contributed by atoms with Crippen molar-refractivity contribution >= 4 is 0 Å². The van der Waals surface area contributed by atoms with Gasteiger partial charge in [0.1, 0.15) is 0 Å². The fourth-order valence-electron chi connectivity index (χ4n) is 3.26. The fraction of sp³-hybridized carbons (Fsp3) is 1.00. The van der Waals surface area contributed by atoms with Crippen LogP contribution in [0.1, 0.15) is 53.4 Å². The van der Waals surface area contributed by atoms with E-state index in [1.807, 2.05) is 0 Å². The van der Waals surface area contributed by atoms with Crippen molar-refractivity contribution in [1.82, 2.24) is 15.1 Å². The van der Waals surface area contributed by atoms with Crippen molar-refractivity contribution in [3.05, 3.63) is 0 Å². The second-order valence-corrected chi connectivity index (χ2v) is 7.15. The Labute approximate surface area is 119 Å². The number of nitrogens with one attached hydrogen (secondary N) is 1. The van der Waals surface area contributed by atoms with Gasteiger partial charge in [-0.3, -0.25) is 9.80 Å². The lowest BCUT2D eigenvalue weighted by Gasteiger charge is -2.46. The van der Waals surface area contributed by atoms with Crippen molar-refractivity contribution in [2.24, 2.45) is 0 Å². The molecule has 3 heteroatoms. The first-order chi connectivity index (χ1) is 9.02. The summed E-state index contributed by atoms with van der Waals surface area (Å²) in [5.74, 6) is 0. The zero-order valence-electron chi connectivity index (χ0n) is 13.4. The molecule has 0 aliphatic carbocycles. The maximum absolute atomic E-state index is 3.72. The van der Waals surface area contributed by atoms with Crippen LogP contribution < -0.4 is 5.32 Å². The van der Waals surface area contributed by atoms with Crippen LogP contribution in [0.5, 0.6) is 0 Å². The molecule has 2 rings (SSSR count). The van der Waals surface area contributed by atoms with E-state index in [1.54, 1.807) is 0 Å². The zero-order chi connectivity index (χ0) is 13.9. The Balaban J connectivity index is 1.78. The van der Waals surface area contributed by atoms with Crippen LogP contribution in [-0.4, -0.2) is 60.1 Å². The lowest BCUT2D eigenvalue weighted by atomic mass is 9.98. The molecule has 0 amide bonds. The average molecular weight is 267 g/mol. The molecule has 1 N–H and O–H groups in total. The number of fused-ring (bicyclic) bond motifs is 1. The lowest BCUT2D eigenvalue weighted by Crippen LogP contribution is -2.58. The number of rotatable bonds is 5. The van der Waals surface area contributed by atoms with E-state index in [0.29, 0.717) is 6.04 Å². The summed E-state index contributed by atoms with van der Waals surface area (Å²) in [4.78, 5) is 5.42. The molecule has 0 spiro atoms. The van der Waals surface area contributed by atoms with E-state index in [0.717, 1.165) is 12.6 Å². The predicted molar refractivity (Wildman–Crippen MR) is 82.6 cm³/mol. The Morgan fingerprint density at radius 1 is 1.21 bits per heavy atom. The number of hydrogen-bond donors (Lipinski definition) is 1. The van der Waals surface area contributed by atoms with E-state index >= 15 is 0 Å². The molecule has 19 heavy (non-hydrogen) atoms. The monoisotopic (exact) mass is 267 g/mol. The molecule has 0 saturated carbocycles. The van der Waals surface area contributed by atoms with Gasteiger partial charge < -0.3 is 5.32 Å². The maximum atomic E-state index is 3.72. The Morgan fingerprint density at radius 2 is 2.00 bits per heavy atom. The second-order valence-electron chi connectivity index (χ2n) is 7.15. The summed E-state index contributed by atoms with van der Waals surface area (Å²) in [7, 11) is 0. The van der Waals surface area contributed by atoms with Gasteiger partial charge >= 0.3 is 0 Å². The normalized spacial score (nSPS) is 28.1. The largest absolute Gasteiger partial charge is 0.310 e. The van der Waals surface area contributed by atoms with Crippen LogP contribution >= 0.6 is 0 Å². The molecule has 3 nitrogen and oxygen atoms in total. The van der Waals surface area contributed by atoms with E-state index < -0.39 is 0 Å². The summed E-state index contributed by atoms with van der Waals surface area (Å²) in [5, 5.41) is 3.72. The smallest absolute Gasteiger partial charge is 0.0223 e. The van der Waals surface area contributed by atoms with Gasteiger partial charge in [0.25, 0.3) is 0 Å². The van der Waals surface area contributed by atoms with Crippen LogP contribution in [0.25, 0.3) is 0 Å². The van der Waals surface area contributed by atoms with Crippen LogP contribution in [-0.2, 0) is 0 Å². The number of nitrogens with zero attached hydrogens (tertiary/aromatic N) is 2. The van der Waals surface area contributed by atoms with E-state index in [1.165, 1.54) is 51.9 Å². The van der Waals surface area contributed by atoms with Crippen molar-refractivity contribution in [2.75, 3.05) is 32.7 Å². The molecule has 0 aromatic heterocycles. The molecule has 0 bridgehead atoms. The number of piperazine rings is 1. The molecule has 2 atom stereocenters. The average Bonchev–Trinajstić information content (AvgIpc) is 2.44. The first kappa shape index (κ1) is 15.3. The molecule has 2 saturated heterocycles. The summed E-state index contributed by atoms with van der Waals surface area (Å²) < 4.78 is 0. The Kier molecular flexibility index (Phi) is 5.27. The van der Waals surface area contributed by atoms with Crippen molar-refractivity contribution < 1.29 is 0 Å². The molecule has 2 fully saturated rings. The van der Waals surface area contributed by atoms with Gasteiger partial charge in [0.2, 0.25) is 0 Å². The fourth-order valence-corrected chi connectivity index (χ4v) is 3.26. The third kappa shape index (κ3) is 4.17. The number of piperidine rings is 1. The van der Waals surface area contributed by atoms with Crippen LogP contribution in [0, 0.1) is 0 Å². The van der Waals surface area contributed by atoms with Gasteiger partial charge in [0.05, 0.1) is 0 Å². The quantitative estimate of drug-likeness (QED) is 0.825. The van der Waals surface area contributed by atoms with Gasteiger partial charge in [0, 0.05) is 43.8 Å². The summed E-state index contributed by atoms with van der Waals surface area (Å²) in [6.07, 6.45) is 5.45. The Hall–Kier alpha value is -0.120. The first-order valence-electron chi connectivity index (χ1n) is 8.25. The van der Waals surface area contributed by atoms with Crippen LogP contribution in [0.2, 0.25) is 0 Å². The molecule has 0 aromatic carbocycles. The molecule has 2 unspecified atom stereocenters. The molecule has 2 heterocycles. The van der Waals surface area contributed by atoms with Crippen molar-refractivity contribution in [3.63, 3.8) is 0 Å². The van der Waals surface area contributed by atoms with Gasteiger partial charge in [-0.15, -0.1) is 0 Å². The van der Waals surface area contributed by atoms with E-state index in [9.17, 15) is 0 Å². The van der Waals surface area contributed by atoms with Gasteiger partial charge in [-0.25, -0.2) is 0 Å². The Morgan fingerprint density at radius 3 is 2.74 bits per heavy atom. The molecule has 2 aliphatic rings. The minimum absolute atomic E-state index is 0.279. The maximum Gasteiger partial charge on any atom is 0.0223 e. The highest BCUT2D eigenvalue weighted by molar-refractivity contribution is 4.88. The third-order valence-electron chi connectivity index (χ3n) is 5.25. The van der Waals surface area contributed by atoms with Gasteiger partial charge in [-0.2, -0.15) is 0 Å². The van der Waals surface area contributed by atoms with Crippen LogP contribution in [0.15, 0.2) is 0 Å². The first-order valence-corrected chi connectivity index (χ1v) is 8.25. The van der Waals surface area contributed by atoms with E-state index in [-0.39, 0.29) is 5.54 Å². The summed E-state index contributed by atoms with van der Waals surface area (Å²) in [5.41, 5.74) is 0.279. The highest BCUT2D eigenvalue weighted by Crippen LogP contribution is 2.22. The SMILES string of the molecule is CCC(C)(C)NCC(C)N1CCN2CCCCC2C1. The number of hydrogen-bond acceptors (Lipinski definition) is 3. The third-order valence-corrected chi connectivity index (χ3v) is 5.25. The van der Waals surface area contributed by atoms with Gasteiger partial charge in [0.15, 0.2) is 0 Å². The standard InChI is InChI=1S/C16H33N3/c1-5-16(3,4)17-12-14(2)19-11-10-18-9-7-6-8-15(18)13-19/h14-15,17H,5-13H2,1-4H3. The highest BCUT2D eigenvalue weighted by atomic mass is 15.3. The predicted octanol–water partition coefficient (Wildman–Crippen LogP) is 2.32. The van der Waals surface area contributed by atoms with Crippen molar-refractivity contribution in [3.8, 4) is 0 Å². The van der Waals surface area contributed by atoms with Crippen LogP contribution in [0.4, 0.5) is 0 Å². The molecule has 2 aliphatic heterocycles. The van der Waals surface area contributed by atoms with Crippen molar-refractivity contribution in [1.29, 1.82) is 0 Å². The van der Waals surface area contributed by atoms with Crippen LogP contribution in [0.3, 0.4) is 0 Å². The van der Waals surface area contributed by atoms with E-state index in [4.69, 9.17) is 0 Å². The minimum atomic E-state index is 0.279. The molecule has 112 valence electrons. The topological polar surface area (TPSA) is 18.5 Å². The van der Waals surface area contributed by atoms with Gasteiger partial charge in [-0.05, 0) is 46.6 Å². The van der Waals surface area contributed by atoms with E-state index in [2.05, 4.69) is 42.8 Å². The minimum Gasteiger partial charge on any atom is -0.310 e. The highest BCUT2D eigenvalue weighted by Gasteiger charge is 2.31.